The van der Waals surface area contributed by atoms with Crippen LogP contribution in [0.5, 0.6) is 0 Å². The van der Waals surface area contributed by atoms with Gasteiger partial charge in [-0.05, 0) is 31.4 Å². The summed E-state index contributed by atoms with van der Waals surface area (Å²) in [6.07, 6.45) is 1.97. The molecule has 2 rings (SSSR count). The lowest BCUT2D eigenvalue weighted by atomic mass is 9.99. The van der Waals surface area contributed by atoms with Crippen LogP contribution >= 0.6 is 15.9 Å². The van der Waals surface area contributed by atoms with Gasteiger partial charge in [0.25, 0.3) is 5.91 Å². The van der Waals surface area contributed by atoms with Crippen LogP contribution in [0.25, 0.3) is 0 Å². The first-order valence-electron chi connectivity index (χ1n) is 6.38. The second-order valence-electron chi connectivity index (χ2n) is 4.78. The summed E-state index contributed by atoms with van der Waals surface area (Å²) in [6, 6.07) is 1.40. The van der Waals surface area contributed by atoms with E-state index in [2.05, 4.69) is 21.1 Å². The number of nitrogens with two attached hydrogens (primary N) is 1. The summed E-state index contributed by atoms with van der Waals surface area (Å²) >= 11 is 2.96. The van der Waals surface area contributed by atoms with Crippen LogP contribution in [0.3, 0.4) is 0 Å². The van der Waals surface area contributed by atoms with Crippen LogP contribution in [-0.2, 0) is 0 Å². The van der Waals surface area contributed by atoms with Crippen molar-refractivity contribution in [1.29, 1.82) is 0 Å². The number of rotatable bonds is 2. The van der Waals surface area contributed by atoms with Crippen LogP contribution in [-0.4, -0.2) is 34.4 Å². The Hall–Kier alpha value is -1.70. The highest BCUT2D eigenvalue weighted by molar-refractivity contribution is 9.10. The molecular weight excluding hydrogens is 348 g/mol. The van der Waals surface area contributed by atoms with Gasteiger partial charge in [-0.2, -0.15) is 0 Å². The number of hydrogen-bond donors (Lipinski definition) is 2. The molecule has 0 saturated carbocycles. The average molecular weight is 362 g/mol. The van der Waals surface area contributed by atoms with E-state index < -0.39 is 29.1 Å². The molecule has 1 aliphatic heterocycles. The van der Waals surface area contributed by atoms with Gasteiger partial charge in [0.05, 0.1) is 6.04 Å². The maximum atomic E-state index is 13.9. The molecule has 0 spiro atoms. The SMILES string of the molecule is NC(=NO)C1CCCCN1C(=O)c1c(F)cc(Br)cc1F. The molecule has 8 heteroatoms. The predicted octanol–water partition coefficient (Wildman–Crippen LogP) is 2.47. The first-order chi connectivity index (χ1) is 9.95. The van der Waals surface area contributed by atoms with Crippen molar-refractivity contribution < 1.29 is 18.8 Å². The summed E-state index contributed by atoms with van der Waals surface area (Å²) in [4.78, 5) is 13.7. The van der Waals surface area contributed by atoms with E-state index in [9.17, 15) is 13.6 Å². The van der Waals surface area contributed by atoms with E-state index in [1.54, 1.807) is 0 Å². The third-order valence-electron chi connectivity index (χ3n) is 3.44. The molecule has 0 radical (unpaired) electrons. The highest BCUT2D eigenvalue weighted by Gasteiger charge is 2.33. The molecule has 1 amide bonds. The van der Waals surface area contributed by atoms with Crippen molar-refractivity contribution in [3.05, 3.63) is 33.8 Å². The number of amidine groups is 1. The molecule has 1 unspecified atom stereocenters. The van der Waals surface area contributed by atoms with E-state index in [0.29, 0.717) is 19.4 Å². The van der Waals surface area contributed by atoms with E-state index in [4.69, 9.17) is 10.9 Å². The fourth-order valence-corrected chi connectivity index (χ4v) is 2.84. The standard InChI is InChI=1S/C13H14BrF2N3O2/c14-7-5-8(15)11(9(16)6-7)13(20)19-4-2-1-3-10(19)12(17)18-21/h5-6,10,21H,1-4H2,(H2,17,18). The first kappa shape index (κ1) is 15.7. The zero-order chi connectivity index (χ0) is 15.6. The molecule has 1 fully saturated rings. The van der Waals surface area contributed by atoms with Crippen molar-refractivity contribution in [1.82, 2.24) is 4.90 Å². The van der Waals surface area contributed by atoms with Crippen LogP contribution in [0, 0.1) is 11.6 Å². The third kappa shape index (κ3) is 3.15. The average Bonchev–Trinajstić information content (AvgIpc) is 2.45. The Morgan fingerprint density at radius 3 is 2.57 bits per heavy atom. The largest absolute Gasteiger partial charge is 0.409 e. The van der Waals surface area contributed by atoms with Crippen LogP contribution in [0.4, 0.5) is 8.78 Å². The Balaban J connectivity index is 2.38. The van der Waals surface area contributed by atoms with Crippen molar-refractivity contribution in [2.24, 2.45) is 10.9 Å². The van der Waals surface area contributed by atoms with Gasteiger partial charge >= 0.3 is 0 Å². The number of oxime groups is 1. The molecule has 0 aliphatic carbocycles. The quantitative estimate of drug-likeness (QED) is 0.367. The fourth-order valence-electron chi connectivity index (χ4n) is 2.44. The van der Waals surface area contributed by atoms with E-state index in [1.165, 1.54) is 4.90 Å². The maximum absolute atomic E-state index is 13.9. The lowest BCUT2D eigenvalue weighted by Gasteiger charge is -2.35. The van der Waals surface area contributed by atoms with Gasteiger partial charge in [0.2, 0.25) is 0 Å². The van der Waals surface area contributed by atoms with Gasteiger partial charge < -0.3 is 15.8 Å². The molecule has 21 heavy (non-hydrogen) atoms. The minimum Gasteiger partial charge on any atom is -0.409 e. The molecule has 0 aromatic heterocycles. The second kappa shape index (κ2) is 6.38. The zero-order valence-electron chi connectivity index (χ0n) is 11.0. The smallest absolute Gasteiger partial charge is 0.260 e. The van der Waals surface area contributed by atoms with Gasteiger partial charge in [-0.1, -0.05) is 21.1 Å². The summed E-state index contributed by atoms with van der Waals surface area (Å²) in [5.41, 5.74) is 4.94. The summed E-state index contributed by atoms with van der Waals surface area (Å²) < 4.78 is 28.0. The molecule has 1 atom stereocenters. The minimum atomic E-state index is -0.948. The van der Waals surface area contributed by atoms with Crippen LogP contribution in [0.1, 0.15) is 29.6 Å². The molecule has 1 saturated heterocycles. The van der Waals surface area contributed by atoms with E-state index in [1.807, 2.05) is 0 Å². The van der Waals surface area contributed by atoms with E-state index in [0.717, 1.165) is 18.6 Å². The number of piperidine rings is 1. The van der Waals surface area contributed by atoms with Gasteiger partial charge in [-0.15, -0.1) is 0 Å². The Kier molecular flexibility index (Phi) is 4.76. The Labute approximate surface area is 128 Å². The molecule has 0 bridgehead atoms. The molecule has 1 aromatic carbocycles. The number of nitrogens with zero attached hydrogens (tertiary/aromatic N) is 2. The minimum absolute atomic E-state index is 0.138. The second-order valence-corrected chi connectivity index (χ2v) is 5.70. The van der Waals surface area contributed by atoms with Crippen molar-refractivity contribution in [2.45, 2.75) is 25.3 Å². The predicted molar refractivity (Wildman–Crippen MR) is 76.1 cm³/mol. The van der Waals surface area contributed by atoms with Crippen LogP contribution in [0.15, 0.2) is 21.8 Å². The number of amides is 1. The first-order valence-corrected chi connectivity index (χ1v) is 7.18. The lowest BCUT2D eigenvalue weighted by molar-refractivity contribution is 0.0666. The van der Waals surface area contributed by atoms with Crippen molar-refractivity contribution in [3.63, 3.8) is 0 Å². The van der Waals surface area contributed by atoms with Gasteiger partial charge in [0, 0.05) is 11.0 Å². The number of likely N-dealkylation sites (tertiary alicyclic amines) is 1. The van der Waals surface area contributed by atoms with Crippen molar-refractivity contribution in [3.8, 4) is 0 Å². The number of hydrogen-bond acceptors (Lipinski definition) is 3. The topological polar surface area (TPSA) is 78.9 Å². The van der Waals surface area contributed by atoms with Gasteiger partial charge in [-0.3, -0.25) is 4.79 Å². The van der Waals surface area contributed by atoms with Gasteiger partial charge in [0.15, 0.2) is 5.84 Å². The van der Waals surface area contributed by atoms with Crippen molar-refractivity contribution >= 4 is 27.7 Å². The summed E-state index contributed by atoms with van der Waals surface area (Å²) in [6.45, 7) is 0.300. The molecule has 1 aliphatic rings. The third-order valence-corrected chi connectivity index (χ3v) is 3.90. The van der Waals surface area contributed by atoms with E-state index in [-0.39, 0.29) is 10.3 Å². The van der Waals surface area contributed by atoms with Crippen molar-refractivity contribution in [2.75, 3.05) is 6.54 Å². The van der Waals surface area contributed by atoms with E-state index >= 15 is 0 Å². The van der Waals surface area contributed by atoms with Gasteiger partial charge in [-0.25, -0.2) is 8.78 Å². The normalized spacial score (nSPS) is 19.7. The number of benzene rings is 1. The summed E-state index contributed by atoms with van der Waals surface area (Å²) in [5.74, 6) is -2.83. The Bertz CT molecular complexity index is 572. The highest BCUT2D eigenvalue weighted by Crippen LogP contribution is 2.25. The van der Waals surface area contributed by atoms with Crippen LogP contribution < -0.4 is 5.73 Å². The maximum Gasteiger partial charge on any atom is 0.260 e. The molecule has 1 aromatic rings. The van der Waals surface area contributed by atoms with Gasteiger partial charge in [0.1, 0.15) is 17.2 Å². The molecule has 114 valence electrons. The fraction of sp³-hybridized carbons (Fsp3) is 0.385. The highest BCUT2D eigenvalue weighted by atomic mass is 79.9. The molecule has 3 N–H and O–H groups in total. The Morgan fingerprint density at radius 1 is 1.38 bits per heavy atom. The zero-order valence-corrected chi connectivity index (χ0v) is 12.6. The van der Waals surface area contributed by atoms with Crippen LogP contribution in [0.2, 0.25) is 0 Å². The number of carbonyl (C=O) groups excluding carboxylic acids is 1. The Morgan fingerprint density at radius 2 is 2.00 bits per heavy atom. The summed E-state index contributed by atoms with van der Waals surface area (Å²) in [7, 11) is 0. The number of halogens is 3. The molecule has 5 nitrogen and oxygen atoms in total. The lowest BCUT2D eigenvalue weighted by Crippen LogP contribution is -2.51. The summed E-state index contributed by atoms with van der Waals surface area (Å²) in [5, 5.41) is 11.7. The number of carbonyl (C=O) groups is 1. The molecule has 1 heterocycles. The molecular formula is C13H14BrF2N3O2. The monoisotopic (exact) mass is 361 g/mol.